The third-order valence-corrected chi connectivity index (χ3v) is 4.25. The fourth-order valence-corrected chi connectivity index (χ4v) is 2.89. The number of amides is 1. The van der Waals surface area contributed by atoms with E-state index in [1.807, 2.05) is 6.92 Å². The molecular weight excluding hydrogens is 426 g/mol. The highest BCUT2D eigenvalue weighted by atomic mass is 16.6. The standard InChI is InChI=1S/C19H13N5O8/c1-2-30-14-5-3-4-10-8-15(31-16(10)14)18-21-22-19(32-18)20-17(25)11-6-12(23(26)27)9-13(7-11)24(28)29/h3-9H,2H2,1H3,(H,20,22,25). The van der Waals surface area contributed by atoms with E-state index in [-0.39, 0.29) is 23.2 Å². The molecule has 0 unspecified atom stereocenters. The molecule has 4 rings (SSSR count). The molecule has 0 spiro atoms. The minimum Gasteiger partial charge on any atom is -0.490 e. The van der Waals surface area contributed by atoms with Gasteiger partial charge >= 0.3 is 6.01 Å². The van der Waals surface area contributed by atoms with E-state index < -0.39 is 27.1 Å². The van der Waals surface area contributed by atoms with Crippen molar-refractivity contribution in [2.24, 2.45) is 0 Å². The van der Waals surface area contributed by atoms with Crippen LogP contribution in [0.25, 0.3) is 22.6 Å². The van der Waals surface area contributed by atoms with E-state index in [9.17, 15) is 25.0 Å². The molecule has 0 aliphatic rings. The van der Waals surface area contributed by atoms with Crippen LogP contribution in [0.5, 0.6) is 5.75 Å². The lowest BCUT2D eigenvalue weighted by atomic mass is 10.1. The zero-order chi connectivity index (χ0) is 22.8. The summed E-state index contributed by atoms with van der Waals surface area (Å²) in [7, 11) is 0. The number of nitrogens with one attached hydrogen (secondary N) is 1. The maximum atomic E-state index is 12.4. The van der Waals surface area contributed by atoms with Gasteiger partial charge in [-0.15, -0.1) is 5.10 Å². The third kappa shape index (κ3) is 3.94. The van der Waals surface area contributed by atoms with E-state index in [1.165, 1.54) is 0 Å². The van der Waals surface area contributed by atoms with Crippen molar-refractivity contribution in [3.8, 4) is 17.4 Å². The fourth-order valence-electron chi connectivity index (χ4n) is 2.89. The molecule has 13 nitrogen and oxygen atoms in total. The molecule has 0 radical (unpaired) electrons. The summed E-state index contributed by atoms with van der Waals surface area (Å²) in [5.41, 5.74) is -1.06. The molecule has 1 N–H and O–H groups in total. The van der Waals surface area contributed by atoms with Gasteiger partial charge in [-0.1, -0.05) is 17.2 Å². The molecule has 162 valence electrons. The molecule has 0 fully saturated rings. The van der Waals surface area contributed by atoms with E-state index in [4.69, 9.17) is 13.6 Å². The van der Waals surface area contributed by atoms with Crippen LogP contribution in [0.3, 0.4) is 0 Å². The van der Waals surface area contributed by atoms with Gasteiger partial charge in [-0.05, 0) is 19.1 Å². The highest BCUT2D eigenvalue weighted by Gasteiger charge is 2.22. The second-order valence-electron chi connectivity index (χ2n) is 6.34. The highest BCUT2D eigenvalue weighted by molar-refractivity contribution is 6.04. The number of fused-ring (bicyclic) bond motifs is 1. The van der Waals surface area contributed by atoms with E-state index in [0.29, 0.717) is 17.9 Å². The third-order valence-electron chi connectivity index (χ3n) is 4.25. The predicted octanol–water partition coefficient (Wildman–Crippen LogP) is 3.95. The van der Waals surface area contributed by atoms with Gasteiger partial charge in [0.25, 0.3) is 23.2 Å². The lowest BCUT2D eigenvalue weighted by molar-refractivity contribution is -0.394. The van der Waals surface area contributed by atoms with Gasteiger partial charge in [0.15, 0.2) is 17.1 Å². The van der Waals surface area contributed by atoms with Crippen LogP contribution in [0.4, 0.5) is 17.4 Å². The first-order valence-electron chi connectivity index (χ1n) is 9.10. The molecule has 0 saturated heterocycles. The number of furan rings is 1. The number of ether oxygens (including phenoxy) is 1. The molecule has 0 aliphatic carbocycles. The number of nitrogens with zero attached hydrogens (tertiary/aromatic N) is 4. The number of anilines is 1. The molecule has 0 bridgehead atoms. The van der Waals surface area contributed by atoms with Crippen LogP contribution in [0.15, 0.2) is 51.3 Å². The van der Waals surface area contributed by atoms with Crippen molar-refractivity contribution in [2.75, 3.05) is 11.9 Å². The zero-order valence-electron chi connectivity index (χ0n) is 16.3. The maximum Gasteiger partial charge on any atom is 0.322 e. The largest absolute Gasteiger partial charge is 0.490 e. The Labute approximate surface area is 177 Å². The number of hydrogen-bond donors (Lipinski definition) is 1. The van der Waals surface area contributed by atoms with Crippen LogP contribution in [0.1, 0.15) is 17.3 Å². The van der Waals surface area contributed by atoms with E-state index in [2.05, 4.69) is 15.5 Å². The van der Waals surface area contributed by atoms with Crippen LogP contribution < -0.4 is 10.1 Å². The lowest BCUT2D eigenvalue weighted by Gasteiger charge is -2.02. The van der Waals surface area contributed by atoms with Gasteiger partial charge in [0, 0.05) is 17.5 Å². The van der Waals surface area contributed by atoms with Crippen LogP contribution in [0, 0.1) is 20.2 Å². The van der Waals surface area contributed by atoms with Crippen LogP contribution in [-0.2, 0) is 0 Å². The number of nitro groups is 2. The molecule has 2 aromatic heterocycles. The number of carbonyl (C=O) groups is 1. The summed E-state index contributed by atoms with van der Waals surface area (Å²) in [6, 6.07) is 9.22. The molecule has 0 atom stereocenters. The summed E-state index contributed by atoms with van der Waals surface area (Å²) in [5.74, 6) is -0.179. The molecule has 2 aromatic carbocycles. The number of non-ortho nitro benzene ring substituents is 2. The average Bonchev–Trinajstić information content (AvgIpc) is 3.41. The van der Waals surface area contributed by atoms with Gasteiger partial charge in [-0.3, -0.25) is 30.3 Å². The molecule has 1 amide bonds. The summed E-state index contributed by atoms with van der Waals surface area (Å²) >= 11 is 0. The van der Waals surface area contributed by atoms with Crippen LogP contribution >= 0.6 is 0 Å². The summed E-state index contributed by atoms with van der Waals surface area (Å²) < 4.78 is 16.6. The second kappa shape index (κ2) is 8.14. The fraction of sp³-hybridized carbons (Fsp3) is 0.105. The van der Waals surface area contributed by atoms with Gasteiger partial charge < -0.3 is 13.6 Å². The van der Waals surface area contributed by atoms with Gasteiger partial charge in [0.1, 0.15) is 0 Å². The number of para-hydroxylation sites is 1. The number of nitro benzene ring substituents is 2. The van der Waals surface area contributed by atoms with Crippen molar-refractivity contribution < 1.29 is 28.2 Å². The Morgan fingerprint density at radius 1 is 1.06 bits per heavy atom. The van der Waals surface area contributed by atoms with Crippen molar-refractivity contribution in [1.82, 2.24) is 10.2 Å². The molecule has 0 aliphatic heterocycles. The smallest absolute Gasteiger partial charge is 0.322 e. The maximum absolute atomic E-state index is 12.4. The van der Waals surface area contributed by atoms with Crippen molar-refractivity contribution in [1.29, 1.82) is 0 Å². The normalized spacial score (nSPS) is 10.8. The number of aromatic nitrogens is 2. The van der Waals surface area contributed by atoms with E-state index in [0.717, 1.165) is 23.6 Å². The van der Waals surface area contributed by atoms with Crippen molar-refractivity contribution in [3.63, 3.8) is 0 Å². The van der Waals surface area contributed by atoms with Gasteiger partial charge in [0.05, 0.1) is 28.1 Å². The Morgan fingerprint density at radius 2 is 1.78 bits per heavy atom. The molecule has 2 heterocycles. The van der Waals surface area contributed by atoms with E-state index in [1.54, 1.807) is 24.3 Å². The topological polar surface area (TPSA) is 177 Å². The number of hydrogen-bond acceptors (Lipinski definition) is 10. The van der Waals surface area contributed by atoms with E-state index >= 15 is 0 Å². The average molecular weight is 439 g/mol. The second-order valence-corrected chi connectivity index (χ2v) is 6.34. The Morgan fingerprint density at radius 3 is 2.44 bits per heavy atom. The Hall–Kier alpha value is -4.81. The SMILES string of the molecule is CCOc1cccc2cc(-c3nnc(NC(=O)c4cc([N+](=O)[O-])cc([N+](=O)[O-])c4)o3)oc12. The summed E-state index contributed by atoms with van der Waals surface area (Å²) in [5, 5.41) is 32.5. The summed E-state index contributed by atoms with van der Waals surface area (Å²) in [6.07, 6.45) is 0. The van der Waals surface area contributed by atoms with Gasteiger partial charge in [-0.25, -0.2) is 0 Å². The van der Waals surface area contributed by atoms with Crippen molar-refractivity contribution >= 4 is 34.3 Å². The molecule has 4 aromatic rings. The first kappa shape index (κ1) is 20.5. The minimum absolute atomic E-state index is 0.0380. The Bertz CT molecular complexity index is 1330. The molecular formula is C19H13N5O8. The number of rotatable bonds is 7. The predicted molar refractivity (Wildman–Crippen MR) is 108 cm³/mol. The Kier molecular flexibility index (Phi) is 5.20. The molecule has 13 heteroatoms. The molecule has 0 saturated carbocycles. The first-order chi connectivity index (χ1) is 15.4. The van der Waals surface area contributed by atoms with Crippen LogP contribution in [0.2, 0.25) is 0 Å². The van der Waals surface area contributed by atoms with Crippen LogP contribution in [-0.4, -0.2) is 32.6 Å². The Balaban J connectivity index is 1.59. The number of benzene rings is 2. The molecule has 32 heavy (non-hydrogen) atoms. The lowest BCUT2D eigenvalue weighted by Crippen LogP contribution is -2.13. The first-order valence-corrected chi connectivity index (χ1v) is 9.10. The van der Waals surface area contributed by atoms with Crippen molar-refractivity contribution in [2.45, 2.75) is 6.92 Å². The zero-order valence-corrected chi connectivity index (χ0v) is 16.3. The quantitative estimate of drug-likeness (QED) is 0.327. The minimum atomic E-state index is -0.907. The monoisotopic (exact) mass is 439 g/mol. The summed E-state index contributed by atoms with van der Waals surface area (Å²) in [4.78, 5) is 32.8. The highest BCUT2D eigenvalue weighted by Crippen LogP contribution is 2.33. The summed E-state index contributed by atoms with van der Waals surface area (Å²) in [6.45, 7) is 2.29. The van der Waals surface area contributed by atoms with Gasteiger partial charge in [0.2, 0.25) is 0 Å². The van der Waals surface area contributed by atoms with Gasteiger partial charge in [-0.2, -0.15) is 0 Å². The van der Waals surface area contributed by atoms with Crippen molar-refractivity contribution in [3.05, 3.63) is 68.3 Å². The number of carbonyl (C=O) groups excluding carboxylic acids is 1.